The van der Waals surface area contributed by atoms with Crippen molar-refractivity contribution in [2.75, 3.05) is 26.0 Å². The van der Waals surface area contributed by atoms with Crippen LogP contribution in [0, 0.1) is 0 Å². The zero-order valence-electron chi connectivity index (χ0n) is 12.5. The lowest BCUT2D eigenvalue weighted by Crippen LogP contribution is -2.42. The van der Waals surface area contributed by atoms with E-state index in [0.29, 0.717) is 6.04 Å². The molecule has 6 heteroatoms. The summed E-state index contributed by atoms with van der Waals surface area (Å²) >= 11 is 0. The molecule has 1 N–H and O–H groups in total. The van der Waals surface area contributed by atoms with E-state index in [1.54, 1.807) is 6.07 Å². The zero-order valence-corrected chi connectivity index (χ0v) is 12.5. The molecule has 2 rings (SSSR count). The summed E-state index contributed by atoms with van der Waals surface area (Å²) in [4.78, 5) is 2.22. The molecule has 0 saturated carbocycles. The highest BCUT2D eigenvalue weighted by Crippen LogP contribution is 2.38. The molecule has 3 nitrogen and oxygen atoms in total. The van der Waals surface area contributed by atoms with Gasteiger partial charge < -0.3 is 15.0 Å². The van der Waals surface area contributed by atoms with Crippen LogP contribution in [0.3, 0.4) is 0 Å². The number of piperidine rings is 1. The number of hydrogen-bond donors (Lipinski definition) is 1. The molecule has 1 aliphatic heterocycles. The van der Waals surface area contributed by atoms with Crippen molar-refractivity contribution in [2.45, 2.75) is 38.0 Å². The van der Waals surface area contributed by atoms with Gasteiger partial charge in [-0.15, -0.1) is 0 Å². The molecule has 1 fully saturated rings. The van der Waals surface area contributed by atoms with Crippen LogP contribution >= 0.6 is 0 Å². The monoisotopic (exact) mass is 302 g/mol. The second kappa shape index (κ2) is 6.13. The summed E-state index contributed by atoms with van der Waals surface area (Å²) in [6.45, 7) is 2.98. The van der Waals surface area contributed by atoms with E-state index in [0.717, 1.165) is 25.5 Å². The van der Waals surface area contributed by atoms with Crippen LogP contribution in [-0.4, -0.2) is 37.7 Å². The number of methoxy groups -OCH3 is 1. The number of benzene rings is 1. The van der Waals surface area contributed by atoms with Crippen molar-refractivity contribution in [3.63, 3.8) is 0 Å². The molecule has 0 amide bonds. The topological polar surface area (TPSA) is 24.5 Å². The molecule has 2 unspecified atom stereocenters. The Labute approximate surface area is 123 Å². The van der Waals surface area contributed by atoms with E-state index in [1.807, 2.05) is 7.05 Å². The molecule has 0 aromatic heterocycles. The smallest absolute Gasteiger partial charge is 0.418 e. The Morgan fingerprint density at radius 2 is 2.05 bits per heavy atom. The molecule has 2 atom stereocenters. The maximum absolute atomic E-state index is 13.2. The number of alkyl halides is 3. The maximum atomic E-state index is 13.2. The number of nitrogens with one attached hydrogen (secondary N) is 1. The van der Waals surface area contributed by atoms with Crippen molar-refractivity contribution in [3.8, 4) is 5.75 Å². The number of hydrogen-bond acceptors (Lipinski definition) is 3. The summed E-state index contributed by atoms with van der Waals surface area (Å²) in [5.74, 6) is 0.213. The minimum Gasteiger partial charge on any atom is -0.497 e. The van der Waals surface area contributed by atoms with Gasteiger partial charge in [-0.2, -0.15) is 13.2 Å². The van der Waals surface area contributed by atoms with E-state index in [-0.39, 0.29) is 17.5 Å². The first-order valence-corrected chi connectivity index (χ1v) is 7.03. The van der Waals surface area contributed by atoms with Crippen molar-refractivity contribution in [2.24, 2.45) is 0 Å². The van der Waals surface area contributed by atoms with E-state index in [2.05, 4.69) is 17.1 Å². The fourth-order valence-corrected chi connectivity index (χ4v) is 2.65. The average Bonchev–Trinajstić information content (AvgIpc) is 2.42. The lowest BCUT2D eigenvalue weighted by atomic mass is 9.98. The first-order chi connectivity index (χ1) is 9.81. The van der Waals surface area contributed by atoms with Gasteiger partial charge in [-0.1, -0.05) is 0 Å². The van der Waals surface area contributed by atoms with Gasteiger partial charge in [0.1, 0.15) is 5.75 Å². The van der Waals surface area contributed by atoms with Crippen LogP contribution in [0.5, 0.6) is 5.75 Å². The Bertz CT molecular complexity index is 490. The Hall–Kier alpha value is -1.43. The van der Waals surface area contributed by atoms with Gasteiger partial charge >= 0.3 is 6.18 Å². The predicted octanol–water partition coefficient (Wildman–Crippen LogP) is 3.61. The number of anilines is 1. The van der Waals surface area contributed by atoms with Crippen LogP contribution in [0.25, 0.3) is 0 Å². The Balaban J connectivity index is 2.19. The molecule has 21 heavy (non-hydrogen) atoms. The zero-order chi connectivity index (χ0) is 15.6. The first-order valence-electron chi connectivity index (χ1n) is 7.03. The predicted molar refractivity (Wildman–Crippen MR) is 76.7 cm³/mol. The van der Waals surface area contributed by atoms with Gasteiger partial charge in [-0.05, 0) is 45.0 Å². The molecule has 0 spiro atoms. The van der Waals surface area contributed by atoms with Gasteiger partial charge in [-0.25, -0.2) is 0 Å². The van der Waals surface area contributed by atoms with Crippen molar-refractivity contribution >= 4 is 5.69 Å². The van der Waals surface area contributed by atoms with Crippen LogP contribution in [0.4, 0.5) is 18.9 Å². The highest BCUT2D eigenvalue weighted by atomic mass is 19.4. The summed E-state index contributed by atoms with van der Waals surface area (Å²) in [6.07, 6.45) is -2.72. The lowest BCUT2D eigenvalue weighted by Gasteiger charge is -2.36. The lowest BCUT2D eigenvalue weighted by molar-refractivity contribution is -0.137. The number of likely N-dealkylation sites (tertiary alicyclic amines) is 1. The summed E-state index contributed by atoms with van der Waals surface area (Å²) in [5, 5.41) is 3.06. The summed E-state index contributed by atoms with van der Waals surface area (Å²) in [6, 6.07) is 4.47. The summed E-state index contributed by atoms with van der Waals surface area (Å²) in [5.41, 5.74) is -0.543. The van der Waals surface area contributed by atoms with Gasteiger partial charge in [0, 0.05) is 24.3 Å². The van der Waals surface area contributed by atoms with Gasteiger partial charge in [0.2, 0.25) is 0 Å². The number of ether oxygens (including phenoxy) is 1. The molecule has 118 valence electrons. The minimum absolute atomic E-state index is 0.0608. The third kappa shape index (κ3) is 3.81. The molecule has 0 aliphatic carbocycles. The largest absolute Gasteiger partial charge is 0.497 e. The molecular weight excluding hydrogens is 281 g/mol. The fourth-order valence-electron chi connectivity index (χ4n) is 2.65. The summed E-state index contributed by atoms with van der Waals surface area (Å²) in [7, 11) is 3.40. The van der Waals surface area contributed by atoms with E-state index in [9.17, 15) is 13.2 Å². The molecule has 0 radical (unpaired) electrons. The fraction of sp³-hybridized carbons (Fsp3) is 0.600. The molecule has 1 aromatic rings. The SMILES string of the molecule is COc1ccc(NC2CCN(C)C(C)C2)c(C(F)(F)F)c1. The van der Waals surface area contributed by atoms with E-state index < -0.39 is 11.7 Å². The van der Waals surface area contributed by atoms with Crippen molar-refractivity contribution < 1.29 is 17.9 Å². The second-order valence-corrected chi connectivity index (χ2v) is 5.60. The average molecular weight is 302 g/mol. The van der Waals surface area contributed by atoms with E-state index in [4.69, 9.17) is 4.74 Å². The second-order valence-electron chi connectivity index (χ2n) is 5.60. The minimum atomic E-state index is -4.39. The van der Waals surface area contributed by atoms with Crippen LogP contribution in [0.1, 0.15) is 25.3 Å². The standard InChI is InChI=1S/C15H21F3N2O/c1-10-8-11(6-7-20(10)2)19-14-5-4-12(21-3)9-13(14)15(16,17)18/h4-5,9-11,19H,6-8H2,1-3H3. The molecular formula is C15H21F3N2O. The summed E-state index contributed by atoms with van der Waals surface area (Å²) < 4.78 is 44.4. The molecule has 1 aliphatic rings. The van der Waals surface area contributed by atoms with Gasteiger partial charge in [0.15, 0.2) is 0 Å². The Morgan fingerprint density at radius 1 is 1.33 bits per heavy atom. The maximum Gasteiger partial charge on any atom is 0.418 e. The Morgan fingerprint density at radius 3 is 2.62 bits per heavy atom. The third-order valence-corrected chi connectivity index (χ3v) is 4.10. The van der Waals surface area contributed by atoms with Crippen LogP contribution in [-0.2, 0) is 6.18 Å². The van der Waals surface area contributed by atoms with Crippen molar-refractivity contribution in [1.82, 2.24) is 4.90 Å². The highest BCUT2D eigenvalue weighted by molar-refractivity contribution is 5.56. The van der Waals surface area contributed by atoms with Crippen LogP contribution in [0.15, 0.2) is 18.2 Å². The number of halogens is 3. The van der Waals surface area contributed by atoms with Crippen molar-refractivity contribution in [3.05, 3.63) is 23.8 Å². The molecule has 1 heterocycles. The first kappa shape index (κ1) is 15.9. The number of nitrogens with zero attached hydrogens (tertiary/aromatic N) is 1. The van der Waals surface area contributed by atoms with Crippen LogP contribution in [0.2, 0.25) is 0 Å². The molecule has 1 saturated heterocycles. The van der Waals surface area contributed by atoms with Gasteiger partial charge in [0.05, 0.1) is 12.7 Å². The normalized spacial score (nSPS) is 23.9. The quantitative estimate of drug-likeness (QED) is 0.923. The van der Waals surface area contributed by atoms with E-state index in [1.165, 1.54) is 13.2 Å². The third-order valence-electron chi connectivity index (χ3n) is 4.10. The van der Waals surface area contributed by atoms with E-state index >= 15 is 0 Å². The van der Waals surface area contributed by atoms with Gasteiger partial charge in [-0.3, -0.25) is 0 Å². The number of rotatable bonds is 3. The molecule has 0 bridgehead atoms. The van der Waals surface area contributed by atoms with Crippen molar-refractivity contribution in [1.29, 1.82) is 0 Å². The van der Waals surface area contributed by atoms with Crippen LogP contribution < -0.4 is 10.1 Å². The molecule has 1 aromatic carbocycles. The Kier molecular flexibility index (Phi) is 4.66. The van der Waals surface area contributed by atoms with Gasteiger partial charge in [0.25, 0.3) is 0 Å². The highest BCUT2D eigenvalue weighted by Gasteiger charge is 2.35.